The third kappa shape index (κ3) is 4.20. The molecule has 27 heavy (non-hydrogen) atoms. The van der Waals surface area contributed by atoms with Gasteiger partial charge in [0.1, 0.15) is 0 Å². The molecule has 0 bridgehead atoms. The van der Waals surface area contributed by atoms with Crippen LogP contribution in [-0.4, -0.2) is 62.3 Å². The van der Waals surface area contributed by atoms with Gasteiger partial charge in [-0.2, -0.15) is 4.31 Å². The van der Waals surface area contributed by atoms with Gasteiger partial charge in [0.25, 0.3) is 0 Å². The molecule has 0 unspecified atom stereocenters. The summed E-state index contributed by atoms with van der Waals surface area (Å²) in [6.07, 6.45) is 5.55. The number of aryl methyl sites for hydroxylation is 2. The molecular weight excluding hydrogens is 362 g/mol. The molecule has 0 aromatic heterocycles. The number of hydrogen-bond acceptors (Lipinski definition) is 4. The lowest BCUT2D eigenvalue weighted by Crippen LogP contribution is -2.51. The Bertz CT molecular complexity index is 812. The van der Waals surface area contributed by atoms with E-state index in [9.17, 15) is 13.2 Å². The smallest absolute Gasteiger partial charge is 0.243 e. The van der Waals surface area contributed by atoms with Crippen molar-refractivity contribution in [3.63, 3.8) is 0 Å². The van der Waals surface area contributed by atoms with Gasteiger partial charge < -0.3 is 5.32 Å². The first-order valence-corrected chi connectivity index (χ1v) is 11.5. The summed E-state index contributed by atoms with van der Waals surface area (Å²) < 4.78 is 27.5. The van der Waals surface area contributed by atoms with Gasteiger partial charge in [0, 0.05) is 32.2 Å². The number of benzene rings is 1. The summed E-state index contributed by atoms with van der Waals surface area (Å²) in [5.41, 5.74) is 2.46. The molecule has 148 valence electrons. The maximum absolute atomic E-state index is 13.0. The lowest BCUT2D eigenvalue weighted by molar-refractivity contribution is -0.123. The van der Waals surface area contributed by atoms with Crippen molar-refractivity contribution in [3.8, 4) is 0 Å². The summed E-state index contributed by atoms with van der Waals surface area (Å²) in [5.74, 6) is 0.688. The second kappa shape index (κ2) is 7.53. The molecule has 1 aromatic carbocycles. The molecule has 1 amide bonds. The lowest BCUT2D eigenvalue weighted by Gasteiger charge is -2.33. The van der Waals surface area contributed by atoms with Crippen LogP contribution in [0.5, 0.6) is 0 Å². The Kier molecular flexibility index (Phi) is 5.27. The van der Waals surface area contributed by atoms with Crippen LogP contribution in [0.1, 0.15) is 37.3 Å². The van der Waals surface area contributed by atoms with Crippen LogP contribution < -0.4 is 5.32 Å². The number of sulfonamides is 1. The van der Waals surface area contributed by atoms with Gasteiger partial charge in [-0.1, -0.05) is 6.07 Å². The molecule has 7 heteroatoms. The molecule has 3 aliphatic rings. The zero-order valence-corrected chi connectivity index (χ0v) is 16.8. The predicted octanol–water partition coefficient (Wildman–Crippen LogP) is 1.40. The molecule has 1 aromatic rings. The minimum absolute atomic E-state index is 0.0457. The topological polar surface area (TPSA) is 69.7 Å². The number of carbonyl (C=O) groups excluding carboxylic acids is 1. The average molecular weight is 392 g/mol. The van der Waals surface area contributed by atoms with Crippen molar-refractivity contribution in [3.05, 3.63) is 29.3 Å². The van der Waals surface area contributed by atoms with Crippen molar-refractivity contribution >= 4 is 15.9 Å². The van der Waals surface area contributed by atoms with E-state index in [0.29, 0.717) is 43.5 Å². The van der Waals surface area contributed by atoms with Gasteiger partial charge in [-0.05, 0) is 68.2 Å². The first kappa shape index (κ1) is 18.9. The first-order chi connectivity index (χ1) is 12.9. The van der Waals surface area contributed by atoms with Gasteiger partial charge in [-0.3, -0.25) is 9.69 Å². The van der Waals surface area contributed by atoms with Gasteiger partial charge in [-0.15, -0.1) is 0 Å². The molecule has 1 saturated heterocycles. The highest BCUT2D eigenvalue weighted by molar-refractivity contribution is 7.89. The fraction of sp³-hybridized carbons (Fsp3) is 0.650. The second-order valence-corrected chi connectivity index (χ2v) is 10.1. The first-order valence-electron chi connectivity index (χ1n) is 10.1. The van der Waals surface area contributed by atoms with E-state index in [1.165, 1.54) is 24.0 Å². The van der Waals surface area contributed by atoms with Crippen LogP contribution in [-0.2, 0) is 27.7 Å². The molecule has 4 rings (SSSR count). The molecule has 6 nitrogen and oxygen atoms in total. The van der Waals surface area contributed by atoms with E-state index in [1.54, 1.807) is 10.4 Å². The molecule has 1 N–H and O–H groups in total. The normalized spacial score (nSPS) is 22.4. The summed E-state index contributed by atoms with van der Waals surface area (Å²) in [6, 6.07) is 5.82. The van der Waals surface area contributed by atoms with E-state index in [2.05, 4.69) is 12.2 Å². The van der Waals surface area contributed by atoms with Crippen LogP contribution >= 0.6 is 0 Å². The zero-order chi connectivity index (χ0) is 19.0. The SMILES string of the molecule is C[C@H](NC(=O)CN1CCN(S(=O)(=O)c2ccc3c(c2)CCC3)CC1)C1CC1. The Morgan fingerprint density at radius 1 is 1.15 bits per heavy atom. The summed E-state index contributed by atoms with van der Waals surface area (Å²) in [7, 11) is -3.45. The number of nitrogens with one attached hydrogen (secondary N) is 1. The van der Waals surface area contributed by atoms with Crippen LogP contribution in [0.3, 0.4) is 0 Å². The lowest BCUT2D eigenvalue weighted by atomic mass is 10.1. The summed E-state index contributed by atoms with van der Waals surface area (Å²) >= 11 is 0. The molecule has 2 fully saturated rings. The van der Waals surface area contributed by atoms with E-state index in [-0.39, 0.29) is 11.9 Å². The highest BCUT2D eigenvalue weighted by Gasteiger charge is 2.31. The zero-order valence-electron chi connectivity index (χ0n) is 16.0. The summed E-state index contributed by atoms with van der Waals surface area (Å²) in [5, 5.41) is 3.07. The summed E-state index contributed by atoms with van der Waals surface area (Å²) in [4.78, 5) is 14.6. The number of amides is 1. The van der Waals surface area contributed by atoms with Crippen molar-refractivity contribution in [1.29, 1.82) is 0 Å². The Hall–Kier alpha value is -1.44. The Balaban J connectivity index is 1.32. The number of fused-ring (bicyclic) bond motifs is 1. The highest BCUT2D eigenvalue weighted by Crippen LogP contribution is 2.32. The van der Waals surface area contributed by atoms with Crippen LogP contribution in [0.2, 0.25) is 0 Å². The Morgan fingerprint density at radius 2 is 1.85 bits per heavy atom. The van der Waals surface area contributed by atoms with Gasteiger partial charge in [0.2, 0.25) is 15.9 Å². The Labute approximate surface area is 162 Å². The fourth-order valence-electron chi connectivity index (χ4n) is 4.20. The van der Waals surface area contributed by atoms with Crippen LogP contribution in [0.25, 0.3) is 0 Å². The number of carbonyl (C=O) groups is 1. The number of nitrogens with zero attached hydrogens (tertiary/aromatic N) is 2. The third-order valence-electron chi connectivity index (χ3n) is 6.12. The van der Waals surface area contributed by atoms with Crippen LogP contribution in [0, 0.1) is 5.92 Å². The number of hydrogen-bond donors (Lipinski definition) is 1. The minimum atomic E-state index is -3.45. The van der Waals surface area contributed by atoms with Gasteiger partial charge in [0.05, 0.1) is 11.4 Å². The van der Waals surface area contributed by atoms with E-state index in [1.807, 2.05) is 17.0 Å². The maximum atomic E-state index is 13.0. The Morgan fingerprint density at radius 3 is 2.56 bits per heavy atom. The fourth-order valence-corrected chi connectivity index (χ4v) is 5.68. The van der Waals surface area contributed by atoms with E-state index >= 15 is 0 Å². The second-order valence-electron chi connectivity index (χ2n) is 8.16. The van der Waals surface area contributed by atoms with Crippen molar-refractivity contribution in [2.24, 2.45) is 5.92 Å². The van der Waals surface area contributed by atoms with Crippen molar-refractivity contribution in [2.45, 2.75) is 50.0 Å². The molecular formula is C20H29N3O3S. The predicted molar refractivity (Wildman–Crippen MR) is 104 cm³/mol. The van der Waals surface area contributed by atoms with Gasteiger partial charge >= 0.3 is 0 Å². The van der Waals surface area contributed by atoms with Crippen LogP contribution in [0.4, 0.5) is 0 Å². The largest absolute Gasteiger partial charge is 0.352 e. The maximum Gasteiger partial charge on any atom is 0.243 e. The van der Waals surface area contributed by atoms with E-state index < -0.39 is 10.0 Å². The number of rotatable bonds is 6. The van der Waals surface area contributed by atoms with Crippen molar-refractivity contribution in [1.82, 2.24) is 14.5 Å². The minimum Gasteiger partial charge on any atom is -0.352 e. The van der Waals surface area contributed by atoms with Crippen molar-refractivity contribution < 1.29 is 13.2 Å². The monoisotopic (exact) mass is 391 g/mol. The molecule has 2 aliphatic carbocycles. The third-order valence-corrected chi connectivity index (χ3v) is 8.02. The average Bonchev–Trinajstić information content (AvgIpc) is 3.39. The van der Waals surface area contributed by atoms with Crippen LogP contribution in [0.15, 0.2) is 23.1 Å². The quantitative estimate of drug-likeness (QED) is 0.796. The molecule has 1 aliphatic heterocycles. The summed E-state index contributed by atoms with van der Waals surface area (Å²) in [6.45, 7) is 4.47. The number of piperazine rings is 1. The molecule has 1 atom stereocenters. The van der Waals surface area contributed by atoms with E-state index in [0.717, 1.165) is 19.3 Å². The molecule has 0 radical (unpaired) electrons. The highest BCUT2D eigenvalue weighted by atomic mass is 32.2. The standard InChI is InChI=1S/C20H29N3O3S/c1-15(16-5-6-16)21-20(24)14-22-9-11-23(12-10-22)27(25,26)19-8-7-17-3-2-4-18(17)13-19/h7-8,13,15-16H,2-6,9-12,14H2,1H3,(H,21,24)/t15-/m0/s1. The van der Waals surface area contributed by atoms with E-state index in [4.69, 9.17) is 0 Å². The molecule has 1 saturated carbocycles. The van der Waals surface area contributed by atoms with Gasteiger partial charge in [0.15, 0.2) is 0 Å². The van der Waals surface area contributed by atoms with Crippen molar-refractivity contribution in [2.75, 3.05) is 32.7 Å². The molecule has 1 heterocycles. The molecule has 0 spiro atoms. The van der Waals surface area contributed by atoms with Gasteiger partial charge in [-0.25, -0.2) is 8.42 Å².